The Morgan fingerprint density at radius 1 is 0.967 bits per heavy atom. The third-order valence-corrected chi connectivity index (χ3v) is 5.35. The van der Waals surface area contributed by atoms with Gasteiger partial charge >= 0.3 is 0 Å². The molecule has 3 aromatic carbocycles. The second kappa shape index (κ2) is 7.52. The molecule has 148 valence electrons. The second-order valence-corrected chi connectivity index (χ2v) is 7.31. The van der Waals surface area contributed by atoms with Gasteiger partial charge in [-0.05, 0) is 53.3 Å². The van der Waals surface area contributed by atoms with E-state index >= 15 is 0 Å². The van der Waals surface area contributed by atoms with E-state index in [0.29, 0.717) is 23.6 Å². The van der Waals surface area contributed by atoms with Crippen molar-refractivity contribution in [3.8, 4) is 22.6 Å². The van der Waals surface area contributed by atoms with Crippen LogP contribution in [0.2, 0.25) is 0 Å². The summed E-state index contributed by atoms with van der Waals surface area (Å²) in [4.78, 5) is 17.0. The van der Waals surface area contributed by atoms with Crippen molar-refractivity contribution < 1.29 is 14.3 Å². The third kappa shape index (κ3) is 3.35. The molecule has 0 radical (unpaired) electrons. The average molecular weight is 396 g/mol. The number of aromatic nitrogens is 1. The summed E-state index contributed by atoms with van der Waals surface area (Å²) in [6.45, 7) is 2.67. The highest BCUT2D eigenvalue weighted by atomic mass is 16.7. The molecule has 0 saturated carbocycles. The van der Waals surface area contributed by atoms with E-state index in [-0.39, 0.29) is 12.7 Å². The van der Waals surface area contributed by atoms with Crippen LogP contribution in [0.5, 0.6) is 11.5 Å². The van der Waals surface area contributed by atoms with Crippen LogP contribution < -0.4 is 14.8 Å². The number of fused-ring (bicyclic) bond motifs is 2. The van der Waals surface area contributed by atoms with Crippen molar-refractivity contribution in [1.29, 1.82) is 0 Å². The zero-order valence-corrected chi connectivity index (χ0v) is 16.5. The van der Waals surface area contributed by atoms with Gasteiger partial charge in [0.25, 0.3) is 5.91 Å². The molecule has 5 rings (SSSR count). The van der Waals surface area contributed by atoms with Crippen molar-refractivity contribution in [2.75, 3.05) is 6.79 Å². The van der Waals surface area contributed by atoms with E-state index in [9.17, 15) is 4.79 Å². The number of carbonyl (C=O) groups excluding carboxylic acids is 1. The molecule has 0 atom stereocenters. The first-order valence-electron chi connectivity index (χ1n) is 9.79. The number of rotatable bonds is 4. The molecule has 5 heteroatoms. The fraction of sp³-hybridized carbons (Fsp3) is 0.120. The van der Waals surface area contributed by atoms with Crippen LogP contribution in [-0.2, 0) is 6.54 Å². The largest absolute Gasteiger partial charge is 0.454 e. The minimum atomic E-state index is -0.159. The zero-order valence-electron chi connectivity index (χ0n) is 16.5. The molecule has 2 heterocycles. The summed E-state index contributed by atoms with van der Waals surface area (Å²) in [5, 5.41) is 5.15. The summed E-state index contributed by atoms with van der Waals surface area (Å²) >= 11 is 0. The van der Waals surface area contributed by atoms with Crippen molar-refractivity contribution >= 4 is 16.7 Å². The summed E-state index contributed by atoms with van der Waals surface area (Å²) in [6, 6.07) is 19.9. The van der Waals surface area contributed by atoms with E-state index in [1.807, 2.05) is 12.3 Å². The van der Waals surface area contributed by atoms with Crippen LogP contribution in [-0.4, -0.2) is 17.7 Å². The van der Waals surface area contributed by atoms with Crippen molar-refractivity contribution in [2.24, 2.45) is 0 Å². The van der Waals surface area contributed by atoms with Gasteiger partial charge in [0.2, 0.25) is 6.79 Å². The number of hydrogen-bond donors (Lipinski definition) is 1. The Kier molecular flexibility index (Phi) is 4.56. The quantitative estimate of drug-likeness (QED) is 0.535. The number of aryl methyl sites for hydroxylation is 1. The molecule has 1 amide bonds. The molecule has 1 aromatic heterocycles. The van der Waals surface area contributed by atoms with Crippen LogP contribution in [0, 0.1) is 6.92 Å². The first-order chi connectivity index (χ1) is 14.7. The molecule has 5 nitrogen and oxygen atoms in total. The molecule has 0 saturated heterocycles. The molecule has 0 fully saturated rings. The van der Waals surface area contributed by atoms with E-state index in [1.54, 1.807) is 24.4 Å². The molecule has 1 N–H and O–H groups in total. The van der Waals surface area contributed by atoms with Crippen molar-refractivity contribution in [2.45, 2.75) is 13.5 Å². The summed E-state index contributed by atoms with van der Waals surface area (Å²) < 4.78 is 10.7. The highest BCUT2D eigenvalue weighted by Crippen LogP contribution is 2.33. The molecule has 30 heavy (non-hydrogen) atoms. The van der Waals surface area contributed by atoms with Crippen LogP contribution in [0.3, 0.4) is 0 Å². The lowest BCUT2D eigenvalue weighted by atomic mass is 9.95. The number of benzene rings is 3. The number of amides is 1. The Hall–Kier alpha value is -3.86. The third-order valence-electron chi connectivity index (χ3n) is 5.35. The Morgan fingerprint density at radius 3 is 2.67 bits per heavy atom. The van der Waals surface area contributed by atoms with E-state index in [0.717, 1.165) is 27.5 Å². The van der Waals surface area contributed by atoms with Crippen molar-refractivity contribution in [3.63, 3.8) is 0 Å². The molecular formula is C25H20N2O3. The molecule has 0 aliphatic carbocycles. The number of carbonyl (C=O) groups is 1. The maximum Gasteiger partial charge on any atom is 0.251 e. The molecule has 4 aromatic rings. The van der Waals surface area contributed by atoms with Crippen LogP contribution in [0.15, 0.2) is 73.1 Å². The Morgan fingerprint density at radius 2 is 1.80 bits per heavy atom. The summed E-state index contributed by atoms with van der Waals surface area (Å²) in [7, 11) is 0. The topological polar surface area (TPSA) is 60.5 Å². The fourth-order valence-electron chi connectivity index (χ4n) is 3.70. The maximum absolute atomic E-state index is 12.7. The zero-order chi connectivity index (χ0) is 20.5. The summed E-state index contributed by atoms with van der Waals surface area (Å²) in [6.07, 6.45) is 3.66. The van der Waals surface area contributed by atoms with Gasteiger partial charge in [-0.2, -0.15) is 0 Å². The SMILES string of the molecule is Cc1ccc(-c2ccc(CNC(=O)c3ccc4c(c3)OCO4)c3cnccc23)cc1. The Labute approximate surface area is 174 Å². The van der Waals surface area contributed by atoms with Gasteiger partial charge in [0.1, 0.15) is 0 Å². The van der Waals surface area contributed by atoms with E-state index < -0.39 is 0 Å². The van der Waals surface area contributed by atoms with Crippen LogP contribution in [0.1, 0.15) is 21.5 Å². The van der Waals surface area contributed by atoms with Gasteiger partial charge < -0.3 is 14.8 Å². The predicted octanol–water partition coefficient (Wildman–Crippen LogP) is 4.87. The Balaban J connectivity index is 1.42. The molecule has 0 spiro atoms. The lowest BCUT2D eigenvalue weighted by Gasteiger charge is -2.12. The number of nitrogens with zero attached hydrogens (tertiary/aromatic N) is 1. The predicted molar refractivity (Wildman–Crippen MR) is 116 cm³/mol. The normalized spacial score (nSPS) is 12.2. The van der Waals surface area contributed by atoms with E-state index in [4.69, 9.17) is 9.47 Å². The fourth-order valence-corrected chi connectivity index (χ4v) is 3.70. The number of ether oxygens (including phenoxy) is 2. The first-order valence-corrected chi connectivity index (χ1v) is 9.79. The second-order valence-electron chi connectivity index (χ2n) is 7.31. The lowest BCUT2D eigenvalue weighted by molar-refractivity contribution is 0.0950. The molecule has 1 aliphatic rings. The minimum absolute atomic E-state index is 0.159. The highest BCUT2D eigenvalue weighted by Gasteiger charge is 2.16. The number of nitrogens with one attached hydrogen (secondary N) is 1. The number of hydrogen-bond acceptors (Lipinski definition) is 4. The molecule has 0 unspecified atom stereocenters. The average Bonchev–Trinajstić information content (AvgIpc) is 3.26. The standard InChI is InChI=1S/C25H20N2O3/c1-16-2-4-17(5-3-16)20-8-6-19(22-14-26-11-10-21(20)22)13-27-25(28)18-7-9-23-24(12-18)30-15-29-23/h2-12,14H,13,15H2,1H3,(H,27,28). The van der Waals surface area contributed by atoms with Crippen LogP contribution in [0.25, 0.3) is 21.9 Å². The van der Waals surface area contributed by atoms with Crippen LogP contribution >= 0.6 is 0 Å². The molecule has 0 bridgehead atoms. The summed E-state index contributed by atoms with van der Waals surface area (Å²) in [5.41, 5.74) is 5.10. The highest BCUT2D eigenvalue weighted by molar-refractivity contribution is 5.99. The first kappa shape index (κ1) is 18.2. The minimum Gasteiger partial charge on any atom is -0.454 e. The van der Waals surface area contributed by atoms with Crippen molar-refractivity contribution in [1.82, 2.24) is 10.3 Å². The van der Waals surface area contributed by atoms with Gasteiger partial charge in [-0.1, -0.05) is 42.0 Å². The molecule has 1 aliphatic heterocycles. The lowest BCUT2D eigenvalue weighted by Crippen LogP contribution is -2.22. The van der Waals surface area contributed by atoms with Gasteiger partial charge in [0, 0.05) is 29.9 Å². The van der Waals surface area contributed by atoms with Crippen LogP contribution in [0.4, 0.5) is 0 Å². The van der Waals surface area contributed by atoms with Gasteiger partial charge in [-0.25, -0.2) is 0 Å². The van der Waals surface area contributed by atoms with Crippen molar-refractivity contribution in [3.05, 3.63) is 89.7 Å². The van der Waals surface area contributed by atoms with Gasteiger partial charge in [-0.15, -0.1) is 0 Å². The van der Waals surface area contributed by atoms with Gasteiger partial charge in [0.05, 0.1) is 0 Å². The smallest absolute Gasteiger partial charge is 0.251 e. The maximum atomic E-state index is 12.7. The summed E-state index contributed by atoms with van der Waals surface area (Å²) in [5.74, 6) is 1.10. The van der Waals surface area contributed by atoms with E-state index in [1.165, 1.54) is 5.56 Å². The Bertz CT molecular complexity index is 1250. The number of pyridine rings is 1. The molecular weight excluding hydrogens is 376 g/mol. The van der Waals surface area contributed by atoms with E-state index in [2.05, 4.69) is 53.6 Å². The monoisotopic (exact) mass is 396 g/mol. The van der Waals surface area contributed by atoms with Gasteiger partial charge in [-0.3, -0.25) is 9.78 Å². The van der Waals surface area contributed by atoms with Gasteiger partial charge in [0.15, 0.2) is 11.5 Å².